The average Bonchev–Trinajstić information content (AvgIpc) is 3.08. The number of hydrogen-bond acceptors (Lipinski definition) is 6. The molecule has 1 aliphatic heterocycles. The molecule has 3 rings (SSSR count). The summed E-state index contributed by atoms with van der Waals surface area (Å²) in [5.41, 5.74) is 5.43. The minimum Gasteiger partial charge on any atom is -0.365 e. The van der Waals surface area contributed by atoms with Gasteiger partial charge in [0.15, 0.2) is 0 Å². The maximum Gasteiger partial charge on any atom is 0.373 e. The Morgan fingerprint density at radius 2 is 1.50 bits per heavy atom. The minimum atomic E-state index is -0.910. The summed E-state index contributed by atoms with van der Waals surface area (Å²) in [5, 5.41) is 0.413. The number of nitrogens with zero attached hydrogens (tertiary/aromatic N) is 1. The van der Waals surface area contributed by atoms with Gasteiger partial charge in [-0.05, 0) is 24.3 Å². The van der Waals surface area contributed by atoms with Gasteiger partial charge in [0.25, 0.3) is 17.7 Å². The summed E-state index contributed by atoms with van der Waals surface area (Å²) in [6.45, 7) is 0. The van der Waals surface area contributed by atoms with E-state index in [-0.39, 0.29) is 20.9 Å². The van der Waals surface area contributed by atoms with Gasteiger partial charge in [0.05, 0.1) is 16.0 Å². The molecular weight excluding hydrogens is 308 g/mol. The molecule has 2 heterocycles. The first kappa shape index (κ1) is 14.0. The zero-order valence-electron chi connectivity index (χ0n) is 10.9. The van der Waals surface area contributed by atoms with Gasteiger partial charge in [-0.25, -0.2) is 4.79 Å². The van der Waals surface area contributed by atoms with Crippen molar-refractivity contribution in [3.05, 3.63) is 57.3 Å². The second kappa shape index (κ2) is 5.08. The van der Waals surface area contributed by atoms with Crippen LogP contribution in [-0.2, 0) is 4.84 Å². The van der Waals surface area contributed by atoms with Crippen LogP contribution in [0.5, 0.6) is 0 Å². The lowest BCUT2D eigenvalue weighted by Crippen LogP contribution is -2.32. The van der Waals surface area contributed by atoms with E-state index in [4.69, 9.17) is 10.6 Å². The van der Waals surface area contributed by atoms with Crippen molar-refractivity contribution in [2.75, 3.05) is 0 Å². The molecule has 0 saturated carbocycles. The van der Waals surface area contributed by atoms with Crippen molar-refractivity contribution in [1.82, 2.24) is 5.06 Å². The first-order valence-electron chi connectivity index (χ1n) is 6.09. The smallest absolute Gasteiger partial charge is 0.365 e. The van der Waals surface area contributed by atoms with Gasteiger partial charge in [-0.3, -0.25) is 14.4 Å². The Labute approximate surface area is 127 Å². The fraction of sp³-hybridized carbons (Fsp3) is 0. The highest BCUT2D eigenvalue weighted by molar-refractivity contribution is 7.15. The Morgan fingerprint density at radius 3 is 2.00 bits per heavy atom. The number of amides is 3. The van der Waals surface area contributed by atoms with Crippen LogP contribution in [0.2, 0.25) is 0 Å². The number of primary amides is 1. The third-order valence-corrected chi connectivity index (χ3v) is 4.06. The van der Waals surface area contributed by atoms with Crippen LogP contribution in [0.1, 0.15) is 40.1 Å². The van der Waals surface area contributed by atoms with Crippen molar-refractivity contribution in [3.8, 4) is 0 Å². The van der Waals surface area contributed by atoms with E-state index in [9.17, 15) is 19.2 Å². The molecule has 0 unspecified atom stereocenters. The maximum atomic E-state index is 12.0. The molecule has 2 N–H and O–H groups in total. The molecule has 0 bridgehead atoms. The second-order valence-electron chi connectivity index (χ2n) is 4.36. The Bertz CT molecular complexity index is 791. The molecule has 8 heteroatoms. The van der Waals surface area contributed by atoms with Gasteiger partial charge in [-0.2, -0.15) is 0 Å². The Kier molecular flexibility index (Phi) is 3.22. The molecule has 22 heavy (non-hydrogen) atoms. The van der Waals surface area contributed by atoms with E-state index in [2.05, 4.69) is 0 Å². The Morgan fingerprint density at radius 1 is 0.955 bits per heavy atom. The van der Waals surface area contributed by atoms with Gasteiger partial charge >= 0.3 is 5.97 Å². The zero-order valence-corrected chi connectivity index (χ0v) is 11.8. The first-order chi connectivity index (χ1) is 10.5. The van der Waals surface area contributed by atoms with Crippen molar-refractivity contribution in [2.24, 2.45) is 5.73 Å². The van der Waals surface area contributed by atoms with Crippen LogP contribution in [-0.4, -0.2) is 28.8 Å². The highest BCUT2D eigenvalue weighted by atomic mass is 32.1. The normalized spacial score (nSPS) is 13.2. The standard InChI is InChI=1S/C14H8N2O5S/c15-11(17)9-5-6-10(22-9)14(20)21-16-12(18)7-3-1-2-4-8(7)13(16)19/h1-6H,(H2,15,17). The van der Waals surface area contributed by atoms with Crippen molar-refractivity contribution in [1.29, 1.82) is 0 Å². The highest BCUT2D eigenvalue weighted by Gasteiger charge is 2.38. The quantitative estimate of drug-likeness (QED) is 0.857. The van der Waals surface area contributed by atoms with Crippen LogP contribution < -0.4 is 5.73 Å². The van der Waals surface area contributed by atoms with Crippen LogP contribution in [0.25, 0.3) is 0 Å². The van der Waals surface area contributed by atoms with Gasteiger partial charge in [0, 0.05) is 0 Å². The van der Waals surface area contributed by atoms with E-state index in [0.717, 1.165) is 11.3 Å². The van der Waals surface area contributed by atoms with Crippen molar-refractivity contribution >= 4 is 35.0 Å². The zero-order chi connectivity index (χ0) is 15.9. The molecule has 0 saturated heterocycles. The molecule has 0 spiro atoms. The summed E-state index contributed by atoms with van der Waals surface area (Å²) < 4.78 is 0. The summed E-state index contributed by atoms with van der Waals surface area (Å²) in [5.74, 6) is -3.00. The van der Waals surface area contributed by atoms with Crippen LogP contribution in [0.3, 0.4) is 0 Å². The van der Waals surface area contributed by atoms with Gasteiger partial charge in [-0.15, -0.1) is 11.3 Å². The Balaban J connectivity index is 1.82. The molecule has 0 atom stereocenters. The summed E-state index contributed by atoms with van der Waals surface area (Å²) >= 11 is 0.820. The third kappa shape index (κ3) is 2.15. The number of nitrogens with two attached hydrogens (primary N) is 1. The molecule has 7 nitrogen and oxygen atoms in total. The summed E-state index contributed by atoms with van der Waals surface area (Å²) in [4.78, 5) is 52.1. The van der Waals surface area contributed by atoms with E-state index >= 15 is 0 Å². The maximum absolute atomic E-state index is 12.0. The lowest BCUT2D eigenvalue weighted by atomic mass is 10.1. The molecule has 0 aliphatic carbocycles. The fourth-order valence-electron chi connectivity index (χ4n) is 1.96. The van der Waals surface area contributed by atoms with Crippen LogP contribution in [0.4, 0.5) is 0 Å². The summed E-state index contributed by atoms with van der Waals surface area (Å²) in [7, 11) is 0. The number of hydrogen-bond donors (Lipinski definition) is 1. The third-order valence-electron chi connectivity index (χ3n) is 2.98. The number of fused-ring (bicyclic) bond motifs is 1. The van der Waals surface area contributed by atoms with Gasteiger partial charge in [0.2, 0.25) is 0 Å². The van der Waals surface area contributed by atoms with Gasteiger partial charge < -0.3 is 10.6 Å². The fourth-order valence-corrected chi connectivity index (χ4v) is 2.69. The predicted octanol–water partition coefficient (Wildman–Crippen LogP) is 1.22. The Hall–Kier alpha value is -3.00. The lowest BCUT2D eigenvalue weighted by Gasteiger charge is -2.11. The molecule has 1 aliphatic rings. The molecule has 0 radical (unpaired) electrons. The van der Waals surface area contributed by atoms with E-state index in [1.807, 2.05) is 0 Å². The summed E-state index contributed by atoms with van der Waals surface area (Å²) in [6, 6.07) is 8.86. The first-order valence-corrected chi connectivity index (χ1v) is 6.90. The molecule has 3 amide bonds. The monoisotopic (exact) mass is 316 g/mol. The van der Waals surface area contributed by atoms with E-state index in [1.54, 1.807) is 12.1 Å². The van der Waals surface area contributed by atoms with Crippen molar-refractivity contribution in [3.63, 3.8) is 0 Å². The number of thiophene rings is 1. The number of hydroxylamine groups is 2. The van der Waals surface area contributed by atoms with Gasteiger partial charge in [-0.1, -0.05) is 17.2 Å². The summed E-state index contributed by atoms with van der Waals surface area (Å²) in [6.07, 6.45) is 0. The second-order valence-corrected chi connectivity index (χ2v) is 5.44. The van der Waals surface area contributed by atoms with Crippen LogP contribution >= 0.6 is 11.3 Å². The van der Waals surface area contributed by atoms with E-state index in [1.165, 1.54) is 24.3 Å². The van der Waals surface area contributed by atoms with Crippen molar-refractivity contribution < 1.29 is 24.0 Å². The molecule has 0 fully saturated rings. The molecule has 1 aromatic heterocycles. The van der Waals surface area contributed by atoms with Crippen molar-refractivity contribution in [2.45, 2.75) is 0 Å². The number of benzene rings is 1. The predicted molar refractivity (Wildman–Crippen MR) is 75.2 cm³/mol. The van der Waals surface area contributed by atoms with E-state index < -0.39 is 23.7 Å². The van der Waals surface area contributed by atoms with Crippen LogP contribution in [0.15, 0.2) is 36.4 Å². The average molecular weight is 316 g/mol. The highest BCUT2D eigenvalue weighted by Crippen LogP contribution is 2.24. The number of carbonyl (C=O) groups is 4. The van der Waals surface area contributed by atoms with Crippen LogP contribution in [0, 0.1) is 0 Å². The minimum absolute atomic E-state index is 0.0605. The number of carbonyl (C=O) groups excluding carboxylic acids is 4. The van der Waals surface area contributed by atoms with Gasteiger partial charge in [0.1, 0.15) is 4.88 Å². The topological polar surface area (TPSA) is 107 Å². The van der Waals surface area contributed by atoms with E-state index in [0.29, 0.717) is 5.06 Å². The molecular formula is C14H8N2O5S. The molecule has 2 aromatic rings. The molecule has 1 aromatic carbocycles. The number of rotatable bonds is 3. The number of imide groups is 1. The molecule has 110 valence electrons. The largest absolute Gasteiger partial charge is 0.373 e. The lowest BCUT2D eigenvalue weighted by molar-refractivity contribution is -0.0581. The SMILES string of the molecule is NC(=O)c1ccc(C(=O)ON2C(=O)c3ccccc3C2=O)s1.